The van der Waals surface area contributed by atoms with E-state index in [1.807, 2.05) is 13.8 Å². The number of hydrogen-bond donors (Lipinski definition) is 1. The molecule has 7 nitrogen and oxygen atoms in total. The van der Waals surface area contributed by atoms with Crippen LogP contribution in [-0.2, 0) is 25.5 Å². The van der Waals surface area contributed by atoms with Gasteiger partial charge < -0.3 is 19.5 Å². The molecule has 1 aromatic rings. The van der Waals surface area contributed by atoms with Crippen LogP contribution in [-0.4, -0.2) is 51.6 Å². The topological polar surface area (TPSA) is 90.9 Å². The number of ether oxygens (including phenoxy) is 3. The molecule has 7 heteroatoms. The van der Waals surface area contributed by atoms with E-state index in [2.05, 4.69) is 10.1 Å². The summed E-state index contributed by atoms with van der Waals surface area (Å²) in [5.74, 6) is -0.930. The maximum absolute atomic E-state index is 11.9. The minimum absolute atomic E-state index is 0.00173. The summed E-state index contributed by atoms with van der Waals surface area (Å²) in [6, 6.07) is 4.54. The molecular formula is C18H27NO6. The summed E-state index contributed by atoms with van der Waals surface area (Å²) in [7, 11) is 4.20. The molecule has 1 rings (SSSR count). The molecule has 1 aromatic carbocycles. The van der Waals surface area contributed by atoms with E-state index in [0.717, 1.165) is 5.56 Å². The van der Waals surface area contributed by atoms with Gasteiger partial charge in [-0.1, -0.05) is 19.9 Å². The van der Waals surface area contributed by atoms with Crippen molar-refractivity contribution < 1.29 is 28.6 Å². The van der Waals surface area contributed by atoms with E-state index in [1.165, 1.54) is 21.1 Å². The van der Waals surface area contributed by atoms with Crippen LogP contribution in [0.15, 0.2) is 18.2 Å². The maximum atomic E-state index is 11.9. The lowest BCUT2D eigenvalue weighted by Gasteiger charge is -2.15. The molecule has 0 aliphatic carbocycles. The largest absolute Gasteiger partial charge is 0.481 e. The summed E-state index contributed by atoms with van der Waals surface area (Å²) in [5.41, 5.74) is 0.956. The molecule has 140 valence electrons. The lowest BCUT2D eigenvalue weighted by molar-refractivity contribution is -0.142. The fraction of sp³-hybridized carbons (Fsp3) is 0.500. The van der Waals surface area contributed by atoms with Crippen LogP contribution < -0.4 is 10.1 Å². The number of ketones is 1. The molecule has 1 N–H and O–H groups in total. The van der Waals surface area contributed by atoms with Gasteiger partial charge in [0, 0.05) is 0 Å². The van der Waals surface area contributed by atoms with Crippen LogP contribution in [0, 0.1) is 0 Å². The molecule has 0 heterocycles. The van der Waals surface area contributed by atoms with Gasteiger partial charge in [-0.25, -0.2) is 9.59 Å². The summed E-state index contributed by atoms with van der Waals surface area (Å²) >= 11 is 0. The monoisotopic (exact) mass is 353 g/mol. The number of Topliss-reactive ketones (excluding diaryl/α,β-unsaturated/α-hetero) is 1. The van der Waals surface area contributed by atoms with Crippen molar-refractivity contribution in [1.82, 2.24) is 5.32 Å². The molecular weight excluding hydrogens is 326 g/mol. The van der Waals surface area contributed by atoms with Gasteiger partial charge in [-0.05, 0) is 38.1 Å². The summed E-state index contributed by atoms with van der Waals surface area (Å²) < 4.78 is 14.5. The molecule has 0 bridgehead atoms. The fourth-order valence-corrected chi connectivity index (χ4v) is 1.98. The zero-order valence-electron chi connectivity index (χ0n) is 15.7. The van der Waals surface area contributed by atoms with Crippen LogP contribution in [0.4, 0.5) is 0 Å². The predicted octanol–water partition coefficient (Wildman–Crippen LogP) is 1.77. The van der Waals surface area contributed by atoms with Crippen LogP contribution in [0.25, 0.3) is 0 Å². The second-order valence-corrected chi connectivity index (χ2v) is 4.84. The van der Waals surface area contributed by atoms with Crippen molar-refractivity contribution in [3.8, 4) is 5.75 Å². The number of rotatable bonds is 8. The van der Waals surface area contributed by atoms with Crippen molar-refractivity contribution in [3.05, 3.63) is 29.3 Å². The molecule has 0 fully saturated rings. The zero-order valence-corrected chi connectivity index (χ0v) is 15.7. The number of hydrogen-bond acceptors (Lipinski definition) is 7. The Balaban J connectivity index is 0.00000277. The third-order valence-electron chi connectivity index (χ3n) is 3.30. The first kappa shape index (κ1) is 22.6. The van der Waals surface area contributed by atoms with Crippen molar-refractivity contribution >= 4 is 17.7 Å². The number of esters is 2. The van der Waals surface area contributed by atoms with Gasteiger partial charge in [0.2, 0.25) is 0 Å². The van der Waals surface area contributed by atoms with Gasteiger partial charge >= 0.3 is 11.9 Å². The number of methoxy groups -OCH3 is 2. The van der Waals surface area contributed by atoms with Crippen LogP contribution >= 0.6 is 0 Å². The summed E-state index contributed by atoms with van der Waals surface area (Å²) in [5, 5.41) is 2.92. The van der Waals surface area contributed by atoms with E-state index in [-0.39, 0.29) is 29.7 Å². The van der Waals surface area contributed by atoms with Crippen LogP contribution in [0.1, 0.15) is 36.7 Å². The van der Waals surface area contributed by atoms with Gasteiger partial charge in [-0.2, -0.15) is 0 Å². The molecule has 0 saturated carbocycles. The first-order valence-corrected chi connectivity index (χ1v) is 8.01. The minimum atomic E-state index is -0.587. The van der Waals surface area contributed by atoms with E-state index >= 15 is 0 Å². The van der Waals surface area contributed by atoms with Crippen molar-refractivity contribution in [3.63, 3.8) is 0 Å². The highest BCUT2D eigenvalue weighted by Gasteiger charge is 2.18. The zero-order chi connectivity index (χ0) is 19.4. The van der Waals surface area contributed by atoms with E-state index < -0.39 is 11.9 Å². The van der Waals surface area contributed by atoms with Crippen molar-refractivity contribution in [1.29, 1.82) is 0 Å². The second kappa shape index (κ2) is 12.0. The quantitative estimate of drug-likeness (QED) is 0.712. The molecule has 0 amide bonds. The van der Waals surface area contributed by atoms with Crippen molar-refractivity contribution in [2.45, 2.75) is 33.2 Å². The van der Waals surface area contributed by atoms with Gasteiger partial charge in [0.1, 0.15) is 17.1 Å². The van der Waals surface area contributed by atoms with E-state index in [0.29, 0.717) is 6.42 Å². The number of likely N-dealkylation sites (N-methyl/N-ethyl adjacent to an activating group) is 1. The van der Waals surface area contributed by atoms with Gasteiger partial charge in [-0.3, -0.25) is 4.79 Å². The maximum Gasteiger partial charge on any atom is 0.343 e. The molecule has 0 unspecified atom stereocenters. The van der Waals surface area contributed by atoms with Crippen LogP contribution in [0.3, 0.4) is 0 Å². The first-order chi connectivity index (χ1) is 11.9. The molecule has 0 saturated heterocycles. The Labute approximate surface area is 148 Å². The third-order valence-corrected chi connectivity index (χ3v) is 3.30. The van der Waals surface area contributed by atoms with E-state index in [4.69, 9.17) is 9.47 Å². The Hall–Kier alpha value is -2.41. The van der Waals surface area contributed by atoms with Crippen molar-refractivity contribution in [2.24, 2.45) is 0 Å². The lowest BCUT2D eigenvalue weighted by atomic mass is 10.0. The van der Waals surface area contributed by atoms with Gasteiger partial charge in [0.05, 0.1) is 20.3 Å². The average molecular weight is 353 g/mol. The van der Waals surface area contributed by atoms with Crippen LogP contribution in [0.2, 0.25) is 0 Å². The second-order valence-electron chi connectivity index (χ2n) is 4.84. The molecule has 0 spiro atoms. The summed E-state index contributed by atoms with van der Waals surface area (Å²) in [6.07, 6.45) is 0.424. The Bertz CT molecular complexity index is 585. The predicted molar refractivity (Wildman–Crippen MR) is 93.9 cm³/mol. The summed E-state index contributed by atoms with van der Waals surface area (Å²) in [4.78, 5) is 34.5. The van der Waals surface area contributed by atoms with Gasteiger partial charge in [-0.15, -0.1) is 0 Å². The van der Waals surface area contributed by atoms with Crippen molar-refractivity contribution in [2.75, 3.05) is 27.9 Å². The van der Waals surface area contributed by atoms with E-state index in [9.17, 15) is 14.4 Å². The highest BCUT2D eigenvalue weighted by atomic mass is 16.6. The summed E-state index contributed by atoms with van der Waals surface area (Å²) in [6.45, 7) is 5.18. The first-order valence-electron chi connectivity index (χ1n) is 8.01. The van der Waals surface area contributed by atoms with E-state index in [1.54, 1.807) is 25.2 Å². The number of carbonyl (C=O) groups is 3. The standard InChI is InChI=1S/C16H21NO6.C2H6/c1-10(18)13(17-2)8-11-5-6-14(23-9-15(19)21-3)12(7-11)16(20)22-4;1-2/h5-7,13,17H,8-9H2,1-4H3;1-2H3/t13-;/m0./s1. The molecule has 0 aliphatic heterocycles. The lowest BCUT2D eigenvalue weighted by Crippen LogP contribution is -2.34. The highest BCUT2D eigenvalue weighted by Crippen LogP contribution is 2.22. The Morgan fingerprint density at radius 1 is 1.12 bits per heavy atom. The SMILES string of the molecule is CC.CN[C@@H](Cc1ccc(OCC(=O)OC)c(C(=O)OC)c1)C(C)=O. The molecule has 0 radical (unpaired) electrons. The Morgan fingerprint density at radius 3 is 2.24 bits per heavy atom. The number of benzene rings is 1. The Kier molecular flexibility index (Phi) is 10.9. The Morgan fingerprint density at radius 2 is 1.76 bits per heavy atom. The molecule has 0 aromatic heterocycles. The number of carbonyl (C=O) groups excluding carboxylic acids is 3. The smallest absolute Gasteiger partial charge is 0.343 e. The van der Waals surface area contributed by atoms with Gasteiger partial charge in [0.25, 0.3) is 0 Å². The number of nitrogens with one attached hydrogen (secondary N) is 1. The molecule has 1 atom stereocenters. The third kappa shape index (κ3) is 7.34. The van der Waals surface area contributed by atoms with Gasteiger partial charge in [0.15, 0.2) is 6.61 Å². The normalized spacial score (nSPS) is 10.8. The molecule has 0 aliphatic rings. The molecule has 25 heavy (non-hydrogen) atoms. The highest BCUT2D eigenvalue weighted by molar-refractivity contribution is 5.93. The fourth-order valence-electron chi connectivity index (χ4n) is 1.98. The van der Waals surface area contributed by atoms with Crippen LogP contribution in [0.5, 0.6) is 5.75 Å². The minimum Gasteiger partial charge on any atom is -0.481 e. The average Bonchev–Trinajstić information content (AvgIpc) is 2.65.